The molecule has 0 bridgehead atoms. The van der Waals surface area contributed by atoms with Crippen molar-refractivity contribution >= 4 is 33.9 Å². The van der Waals surface area contributed by atoms with Gasteiger partial charge in [-0.05, 0) is 43.3 Å². The molecule has 0 saturated carbocycles. The van der Waals surface area contributed by atoms with Gasteiger partial charge in [-0.15, -0.1) is 0 Å². The Morgan fingerprint density at radius 2 is 2.03 bits per heavy atom. The highest BCUT2D eigenvalue weighted by Crippen LogP contribution is 2.15. The van der Waals surface area contributed by atoms with Gasteiger partial charge >= 0.3 is 5.97 Å². The van der Waals surface area contributed by atoms with E-state index in [0.29, 0.717) is 26.9 Å². The largest absolute Gasteiger partial charge is 0.459 e. The number of hydrogen-bond acceptors (Lipinski definition) is 8. The SMILES string of the molecule is Cc1cc(=O)n2nc(COC(=O)c3ccc(NC(=O)c4ccco4)cc3)sc2n1. The van der Waals surface area contributed by atoms with Crippen LogP contribution in [0.3, 0.4) is 0 Å². The molecule has 146 valence electrons. The van der Waals surface area contributed by atoms with Gasteiger partial charge in [0.25, 0.3) is 11.5 Å². The van der Waals surface area contributed by atoms with E-state index in [1.54, 1.807) is 31.2 Å². The van der Waals surface area contributed by atoms with Crippen LogP contribution in [-0.4, -0.2) is 26.5 Å². The van der Waals surface area contributed by atoms with Gasteiger partial charge in [0.1, 0.15) is 6.61 Å². The second kappa shape index (κ2) is 7.68. The number of nitrogens with one attached hydrogen (secondary N) is 1. The fourth-order valence-electron chi connectivity index (χ4n) is 2.52. The third-order valence-electron chi connectivity index (χ3n) is 3.87. The van der Waals surface area contributed by atoms with E-state index < -0.39 is 5.97 Å². The van der Waals surface area contributed by atoms with Gasteiger partial charge in [0.2, 0.25) is 4.96 Å². The molecule has 1 N–H and O–H groups in total. The van der Waals surface area contributed by atoms with Crippen molar-refractivity contribution in [2.24, 2.45) is 0 Å². The zero-order chi connectivity index (χ0) is 20.4. The van der Waals surface area contributed by atoms with Crippen LogP contribution in [0.1, 0.15) is 31.6 Å². The average molecular weight is 410 g/mol. The van der Waals surface area contributed by atoms with Crippen molar-refractivity contribution in [3.8, 4) is 0 Å². The lowest BCUT2D eigenvalue weighted by molar-refractivity contribution is 0.0471. The van der Waals surface area contributed by atoms with Crippen LogP contribution in [0.15, 0.2) is 57.9 Å². The Morgan fingerprint density at radius 3 is 2.76 bits per heavy atom. The van der Waals surface area contributed by atoms with Crippen molar-refractivity contribution in [2.45, 2.75) is 13.5 Å². The summed E-state index contributed by atoms with van der Waals surface area (Å²) in [5, 5.41) is 7.23. The maximum absolute atomic E-state index is 12.2. The standard InChI is InChI=1S/C19H14N4O5S/c1-11-9-16(24)23-19(20-11)29-15(22-23)10-28-18(26)12-4-6-13(7-5-12)21-17(25)14-3-2-8-27-14/h2-9H,10H2,1H3,(H,21,25). The number of benzene rings is 1. The van der Waals surface area contributed by atoms with Crippen LogP contribution in [-0.2, 0) is 11.3 Å². The smallest absolute Gasteiger partial charge is 0.338 e. The van der Waals surface area contributed by atoms with Crippen LogP contribution in [0, 0.1) is 6.92 Å². The monoisotopic (exact) mass is 410 g/mol. The summed E-state index contributed by atoms with van der Waals surface area (Å²) >= 11 is 1.18. The molecule has 0 spiro atoms. The second-order valence-electron chi connectivity index (χ2n) is 6.01. The molecule has 0 aliphatic carbocycles. The highest BCUT2D eigenvalue weighted by Gasteiger charge is 2.13. The Morgan fingerprint density at radius 1 is 1.24 bits per heavy atom. The summed E-state index contributed by atoms with van der Waals surface area (Å²) in [6, 6.07) is 10.8. The van der Waals surface area contributed by atoms with E-state index in [1.165, 1.54) is 40.3 Å². The van der Waals surface area contributed by atoms with Gasteiger partial charge in [0, 0.05) is 17.4 Å². The van der Waals surface area contributed by atoms with Gasteiger partial charge in [-0.25, -0.2) is 9.78 Å². The van der Waals surface area contributed by atoms with Crippen molar-refractivity contribution < 1.29 is 18.7 Å². The van der Waals surface area contributed by atoms with Gasteiger partial charge in [-0.1, -0.05) is 11.3 Å². The maximum Gasteiger partial charge on any atom is 0.338 e. The van der Waals surface area contributed by atoms with Gasteiger partial charge in [0.15, 0.2) is 10.8 Å². The summed E-state index contributed by atoms with van der Waals surface area (Å²) in [5.74, 6) is -0.752. The van der Waals surface area contributed by atoms with Crippen LogP contribution in [0.4, 0.5) is 5.69 Å². The second-order valence-corrected chi connectivity index (χ2v) is 7.05. The number of aryl methyl sites for hydroxylation is 1. The first-order valence-corrected chi connectivity index (χ1v) is 9.30. The van der Waals surface area contributed by atoms with E-state index in [-0.39, 0.29) is 23.8 Å². The maximum atomic E-state index is 12.2. The van der Waals surface area contributed by atoms with Crippen LogP contribution >= 0.6 is 11.3 Å². The van der Waals surface area contributed by atoms with Gasteiger partial charge in [-0.2, -0.15) is 9.61 Å². The Labute approximate surface area is 167 Å². The molecule has 4 rings (SSSR count). The molecule has 0 atom stereocenters. The molecular formula is C19H14N4O5S. The zero-order valence-electron chi connectivity index (χ0n) is 15.1. The van der Waals surface area contributed by atoms with E-state index in [4.69, 9.17) is 9.15 Å². The molecule has 0 unspecified atom stereocenters. The molecule has 0 aliphatic rings. The fraction of sp³-hybridized carbons (Fsp3) is 0.105. The van der Waals surface area contributed by atoms with E-state index in [0.717, 1.165) is 0 Å². The number of ether oxygens (including phenoxy) is 1. The van der Waals surface area contributed by atoms with Crippen LogP contribution in [0.25, 0.3) is 4.96 Å². The van der Waals surface area contributed by atoms with Gasteiger partial charge in [0.05, 0.1) is 11.8 Å². The molecule has 1 aromatic carbocycles. The molecule has 4 aromatic rings. The minimum atomic E-state index is -0.551. The quantitative estimate of drug-likeness (QED) is 0.503. The Balaban J connectivity index is 1.39. The minimum absolute atomic E-state index is 0.0810. The normalized spacial score (nSPS) is 10.8. The topological polar surface area (TPSA) is 116 Å². The first-order chi connectivity index (χ1) is 14.0. The van der Waals surface area contributed by atoms with Crippen molar-refractivity contribution in [1.29, 1.82) is 0 Å². The molecule has 0 saturated heterocycles. The van der Waals surface area contributed by atoms with Crippen molar-refractivity contribution in [3.63, 3.8) is 0 Å². The molecule has 10 heteroatoms. The summed E-state index contributed by atoms with van der Waals surface area (Å²) in [4.78, 5) is 40.7. The molecule has 0 radical (unpaired) electrons. The Hall–Kier alpha value is -3.79. The minimum Gasteiger partial charge on any atom is -0.459 e. The third kappa shape index (κ3) is 4.06. The number of carbonyl (C=O) groups is 2. The number of furan rings is 1. The van der Waals surface area contributed by atoms with Crippen LogP contribution < -0.4 is 10.9 Å². The number of carbonyl (C=O) groups excluding carboxylic acids is 2. The van der Waals surface area contributed by atoms with E-state index in [2.05, 4.69) is 15.4 Å². The highest BCUT2D eigenvalue weighted by molar-refractivity contribution is 7.16. The van der Waals surface area contributed by atoms with Crippen molar-refractivity contribution in [3.05, 3.63) is 81.1 Å². The molecular weight excluding hydrogens is 396 g/mol. The zero-order valence-corrected chi connectivity index (χ0v) is 15.9. The van der Waals surface area contributed by atoms with E-state index in [1.807, 2.05) is 0 Å². The first-order valence-electron chi connectivity index (χ1n) is 8.48. The van der Waals surface area contributed by atoms with E-state index in [9.17, 15) is 14.4 Å². The predicted molar refractivity (Wildman–Crippen MR) is 104 cm³/mol. The number of anilines is 1. The number of amides is 1. The summed E-state index contributed by atoms with van der Waals surface area (Å²) in [6.07, 6.45) is 1.41. The van der Waals surface area contributed by atoms with Gasteiger partial charge in [-0.3, -0.25) is 9.59 Å². The molecule has 1 amide bonds. The number of rotatable bonds is 5. The molecule has 0 aliphatic heterocycles. The fourth-order valence-corrected chi connectivity index (χ4v) is 3.38. The van der Waals surface area contributed by atoms with Crippen molar-refractivity contribution in [2.75, 3.05) is 5.32 Å². The molecule has 29 heavy (non-hydrogen) atoms. The number of fused-ring (bicyclic) bond motifs is 1. The number of hydrogen-bond donors (Lipinski definition) is 1. The third-order valence-corrected chi connectivity index (χ3v) is 4.75. The number of nitrogens with zero attached hydrogens (tertiary/aromatic N) is 3. The lowest BCUT2D eigenvalue weighted by atomic mass is 10.2. The van der Waals surface area contributed by atoms with Crippen molar-refractivity contribution in [1.82, 2.24) is 14.6 Å². The van der Waals surface area contributed by atoms with Gasteiger partial charge < -0.3 is 14.5 Å². The molecule has 9 nitrogen and oxygen atoms in total. The molecule has 3 heterocycles. The summed E-state index contributed by atoms with van der Waals surface area (Å²) < 4.78 is 11.5. The first kappa shape index (κ1) is 18.6. The molecule has 3 aromatic heterocycles. The summed E-state index contributed by atoms with van der Waals surface area (Å²) in [7, 11) is 0. The summed E-state index contributed by atoms with van der Waals surface area (Å²) in [5.41, 5.74) is 1.14. The lowest BCUT2D eigenvalue weighted by Gasteiger charge is -2.05. The van der Waals surface area contributed by atoms with Crippen LogP contribution in [0.2, 0.25) is 0 Å². The number of esters is 1. The van der Waals surface area contributed by atoms with E-state index >= 15 is 0 Å². The highest BCUT2D eigenvalue weighted by atomic mass is 32.1. The lowest BCUT2D eigenvalue weighted by Crippen LogP contribution is -2.14. The molecule has 0 fully saturated rings. The van der Waals surface area contributed by atoms with Crippen LogP contribution in [0.5, 0.6) is 0 Å². The number of aromatic nitrogens is 3. The average Bonchev–Trinajstić information content (AvgIpc) is 3.36. The Kier molecular flexibility index (Phi) is 4.92. The Bertz CT molecular complexity index is 1240. The summed E-state index contributed by atoms with van der Waals surface area (Å²) in [6.45, 7) is 1.64. The predicted octanol–water partition coefficient (Wildman–Crippen LogP) is 2.66.